The summed E-state index contributed by atoms with van der Waals surface area (Å²) in [6, 6.07) is 2.72. The molecule has 2 amide bonds. The van der Waals surface area contributed by atoms with Crippen molar-refractivity contribution in [2.75, 3.05) is 43.6 Å². The van der Waals surface area contributed by atoms with Crippen molar-refractivity contribution >= 4 is 45.9 Å². The number of likely N-dealkylation sites (N-methyl/N-ethyl adjacent to an activating group) is 1. The number of carbonyl (C=O) groups excluding carboxylic acids is 2. The number of hydrogen-bond donors (Lipinski definition) is 0. The van der Waals surface area contributed by atoms with E-state index in [4.69, 9.17) is 21.1 Å². The Morgan fingerprint density at radius 3 is 2.51 bits per heavy atom. The van der Waals surface area contributed by atoms with Gasteiger partial charge in [0.2, 0.25) is 0 Å². The Kier molecular flexibility index (Phi) is 6.53. The van der Waals surface area contributed by atoms with Gasteiger partial charge in [-0.25, -0.2) is 18.0 Å². The van der Waals surface area contributed by atoms with Gasteiger partial charge in [0, 0.05) is 31.1 Å². The molecule has 206 valence electrons. The highest BCUT2D eigenvalue weighted by molar-refractivity contribution is 6.34. The van der Waals surface area contributed by atoms with Gasteiger partial charge in [0.1, 0.15) is 22.9 Å². The van der Waals surface area contributed by atoms with Crippen molar-refractivity contribution in [3.05, 3.63) is 46.9 Å². The van der Waals surface area contributed by atoms with Crippen LogP contribution in [0.15, 0.2) is 24.4 Å². The third kappa shape index (κ3) is 4.38. The molecule has 0 unspecified atom stereocenters. The van der Waals surface area contributed by atoms with Crippen LogP contribution in [0.5, 0.6) is 5.75 Å². The first kappa shape index (κ1) is 26.9. The number of ether oxygens (including phenoxy) is 2. The van der Waals surface area contributed by atoms with Crippen molar-refractivity contribution in [2.24, 2.45) is 0 Å². The van der Waals surface area contributed by atoms with Crippen LogP contribution >= 0.6 is 11.6 Å². The number of benzene rings is 2. The number of methoxy groups -OCH3 is 1. The summed E-state index contributed by atoms with van der Waals surface area (Å²) < 4.78 is 55.7. The van der Waals surface area contributed by atoms with E-state index in [0.717, 1.165) is 6.07 Å². The number of anilines is 2. The Morgan fingerprint density at radius 2 is 1.85 bits per heavy atom. The molecule has 1 atom stereocenters. The fraction of sp³-hybridized carbons (Fsp3) is 0.370. The van der Waals surface area contributed by atoms with Crippen LogP contribution in [0.2, 0.25) is 5.02 Å². The second-order valence-electron chi connectivity index (χ2n) is 10.4. The molecule has 0 spiro atoms. The van der Waals surface area contributed by atoms with Crippen LogP contribution in [0, 0.1) is 17.5 Å². The van der Waals surface area contributed by atoms with Gasteiger partial charge < -0.3 is 24.2 Å². The lowest BCUT2D eigenvalue weighted by Crippen LogP contribution is -2.63. The quantitative estimate of drug-likeness (QED) is 0.417. The van der Waals surface area contributed by atoms with Crippen LogP contribution in [0.3, 0.4) is 0 Å². The van der Waals surface area contributed by atoms with Gasteiger partial charge in [-0.1, -0.05) is 11.6 Å². The van der Waals surface area contributed by atoms with Crippen LogP contribution in [-0.2, 0) is 9.53 Å². The van der Waals surface area contributed by atoms with E-state index in [1.54, 1.807) is 32.7 Å². The maximum Gasteiger partial charge on any atom is 0.410 e. The van der Waals surface area contributed by atoms with Gasteiger partial charge in [0.15, 0.2) is 17.5 Å². The summed E-state index contributed by atoms with van der Waals surface area (Å²) in [5.41, 5.74) is -0.780. The largest absolute Gasteiger partial charge is 0.496 e. The van der Waals surface area contributed by atoms with Crippen LogP contribution < -0.4 is 14.5 Å². The van der Waals surface area contributed by atoms with Crippen molar-refractivity contribution in [3.63, 3.8) is 0 Å². The predicted octanol–water partition coefficient (Wildman–Crippen LogP) is 5.38. The average Bonchev–Trinajstić information content (AvgIpc) is 2.88. The zero-order valence-electron chi connectivity index (χ0n) is 21.9. The monoisotopic (exact) mass is 562 g/mol. The molecule has 1 saturated heterocycles. The molecule has 2 aliphatic rings. The number of halogens is 4. The highest BCUT2D eigenvalue weighted by Crippen LogP contribution is 2.47. The minimum atomic E-state index is -1.31. The predicted molar refractivity (Wildman–Crippen MR) is 141 cm³/mol. The zero-order chi connectivity index (χ0) is 28.4. The molecule has 0 N–H and O–H groups in total. The molecule has 12 heteroatoms. The van der Waals surface area contributed by atoms with Gasteiger partial charge in [-0.2, -0.15) is 0 Å². The van der Waals surface area contributed by atoms with Gasteiger partial charge in [-0.15, -0.1) is 0 Å². The third-order valence-corrected chi connectivity index (χ3v) is 7.13. The standard InChI is InChI=1S/C27H26ClF3N4O4/c1-27(2,3)39-26(37)34-8-9-35-17(12-34)25(36)33(4)16-11-32-23-13(24(16)35)10-14(28)19(22(23)31)20-18(38-5)7-6-15(29)21(20)30/h6-7,10-11,17H,8-9,12H2,1-5H3/t17-/m1/s1. The molecule has 2 aliphatic heterocycles. The molecule has 39 heavy (non-hydrogen) atoms. The van der Waals surface area contributed by atoms with Crippen LogP contribution in [0.1, 0.15) is 20.8 Å². The molecular weight excluding hydrogens is 537 g/mol. The molecule has 0 saturated carbocycles. The maximum absolute atomic E-state index is 16.1. The minimum Gasteiger partial charge on any atom is -0.496 e. The van der Waals surface area contributed by atoms with Crippen LogP contribution in [0.25, 0.3) is 22.0 Å². The molecule has 3 aromatic rings. The van der Waals surface area contributed by atoms with Crippen LogP contribution in [-0.4, -0.2) is 67.3 Å². The summed E-state index contributed by atoms with van der Waals surface area (Å²) in [6.45, 7) is 5.84. The Bertz CT molecular complexity index is 1530. The molecular formula is C27H26ClF3N4O4. The Hall–Kier alpha value is -3.73. The molecule has 1 aromatic heterocycles. The summed E-state index contributed by atoms with van der Waals surface area (Å²) in [6.07, 6.45) is 0.819. The van der Waals surface area contributed by atoms with Crippen molar-refractivity contribution in [2.45, 2.75) is 32.4 Å². The van der Waals surface area contributed by atoms with Crippen LogP contribution in [0.4, 0.5) is 29.3 Å². The van der Waals surface area contributed by atoms with E-state index in [-0.39, 0.29) is 47.2 Å². The van der Waals surface area contributed by atoms with Crippen molar-refractivity contribution in [1.82, 2.24) is 9.88 Å². The fourth-order valence-corrected chi connectivity index (χ4v) is 5.34. The molecule has 8 nitrogen and oxygen atoms in total. The van der Waals surface area contributed by atoms with Crippen molar-refractivity contribution in [3.8, 4) is 16.9 Å². The number of amides is 2. The number of fused-ring (bicyclic) bond motifs is 5. The number of rotatable bonds is 2. The van der Waals surface area contributed by atoms with Gasteiger partial charge in [-0.3, -0.25) is 9.78 Å². The SMILES string of the molecule is COc1ccc(F)c(F)c1-c1c(Cl)cc2c3c(cnc2c1F)N(C)C(=O)[C@H]1CN(C(=O)OC(C)(C)C)CCN31. The highest BCUT2D eigenvalue weighted by Gasteiger charge is 2.43. The first-order chi connectivity index (χ1) is 18.3. The van der Waals surface area contributed by atoms with Crippen molar-refractivity contribution < 1.29 is 32.2 Å². The molecule has 1 fully saturated rings. The smallest absolute Gasteiger partial charge is 0.410 e. The summed E-state index contributed by atoms with van der Waals surface area (Å²) in [5, 5.41) is 0.0890. The lowest BCUT2D eigenvalue weighted by molar-refractivity contribution is -0.120. The van der Waals surface area contributed by atoms with Crippen molar-refractivity contribution in [1.29, 1.82) is 0 Å². The lowest BCUT2D eigenvalue weighted by Gasteiger charge is -2.47. The first-order valence-corrected chi connectivity index (χ1v) is 12.6. The minimum absolute atomic E-state index is 0.0569. The number of pyridine rings is 1. The molecule has 0 radical (unpaired) electrons. The molecule has 3 heterocycles. The molecule has 5 rings (SSSR count). The lowest BCUT2D eigenvalue weighted by atomic mass is 9.97. The number of carbonyl (C=O) groups is 2. The highest BCUT2D eigenvalue weighted by atomic mass is 35.5. The van der Waals surface area contributed by atoms with E-state index in [9.17, 15) is 18.4 Å². The average molecular weight is 563 g/mol. The second kappa shape index (κ2) is 9.48. The van der Waals surface area contributed by atoms with E-state index in [1.165, 1.54) is 35.2 Å². The van der Waals surface area contributed by atoms with Gasteiger partial charge in [-0.05, 0) is 39.0 Å². The molecule has 0 aliphatic carbocycles. The number of piperazine rings is 1. The van der Waals surface area contributed by atoms with Gasteiger partial charge >= 0.3 is 6.09 Å². The van der Waals surface area contributed by atoms with E-state index in [2.05, 4.69) is 4.98 Å². The number of hydrogen-bond acceptors (Lipinski definition) is 6. The molecule has 0 bridgehead atoms. The maximum atomic E-state index is 16.1. The summed E-state index contributed by atoms with van der Waals surface area (Å²) in [4.78, 5) is 34.9. The summed E-state index contributed by atoms with van der Waals surface area (Å²) >= 11 is 6.52. The Morgan fingerprint density at radius 1 is 1.13 bits per heavy atom. The molecule has 2 aromatic carbocycles. The Labute approximate surface area is 227 Å². The second-order valence-corrected chi connectivity index (χ2v) is 10.8. The summed E-state index contributed by atoms with van der Waals surface area (Å²) in [7, 11) is 2.82. The normalized spacial score (nSPS) is 17.3. The van der Waals surface area contributed by atoms with Gasteiger partial charge in [0.25, 0.3) is 5.91 Å². The number of nitrogens with zero attached hydrogens (tertiary/aromatic N) is 4. The number of aromatic nitrogens is 1. The first-order valence-electron chi connectivity index (χ1n) is 12.2. The third-order valence-electron chi connectivity index (χ3n) is 6.83. The van der Waals surface area contributed by atoms with Gasteiger partial charge in [0.05, 0.1) is 41.8 Å². The van der Waals surface area contributed by atoms with E-state index in [0.29, 0.717) is 11.4 Å². The van der Waals surface area contributed by atoms with E-state index < -0.39 is 46.3 Å². The topological polar surface area (TPSA) is 75.2 Å². The Balaban J connectivity index is 1.64. The van der Waals surface area contributed by atoms with E-state index >= 15 is 4.39 Å². The van der Waals surface area contributed by atoms with E-state index in [1.807, 2.05) is 0 Å². The fourth-order valence-electron chi connectivity index (χ4n) is 5.05. The summed E-state index contributed by atoms with van der Waals surface area (Å²) in [5.74, 6) is -3.84. The zero-order valence-corrected chi connectivity index (χ0v) is 22.7.